The molecule has 1 aromatic heterocycles. The summed E-state index contributed by atoms with van der Waals surface area (Å²) in [6.45, 7) is 3.34. The molecule has 0 radical (unpaired) electrons. The van der Waals surface area contributed by atoms with Crippen LogP contribution in [0.4, 0.5) is 11.5 Å². The number of nitrogens with one attached hydrogen (secondary N) is 1. The second-order valence-electron chi connectivity index (χ2n) is 7.46. The predicted molar refractivity (Wildman–Crippen MR) is 96.3 cm³/mol. The van der Waals surface area contributed by atoms with E-state index in [-0.39, 0.29) is 23.7 Å². The summed E-state index contributed by atoms with van der Waals surface area (Å²) in [7, 11) is 0. The number of hydrogen-bond acceptors (Lipinski definition) is 4. The SMILES string of the molecule is O=C(Nc1cccnc1N1CCCC1)[C@@H]1CCCN(C(=O)C2CC2)C1. The molecule has 2 aliphatic heterocycles. The Balaban J connectivity index is 1.42. The van der Waals surface area contributed by atoms with Crippen LogP contribution in [0.15, 0.2) is 18.3 Å². The Morgan fingerprint density at radius 3 is 2.60 bits per heavy atom. The average molecular weight is 342 g/mol. The van der Waals surface area contributed by atoms with E-state index in [0.717, 1.165) is 56.8 Å². The maximum atomic E-state index is 12.8. The van der Waals surface area contributed by atoms with E-state index < -0.39 is 0 Å². The molecule has 1 N–H and O–H groups in total. The monoisotopic (exact) mass is 342 g/mol. The third kappa shape index (κ3) is 3.62. The van der Waals surface area contributed by atoms with Crippen molar-refractivity contribution in [1.82, 2.24) is 9.88 Å². The first kappa shape index (κ1) is 16.4. The number of hydrogen-bond donors (Lipinski definition) is 1. The molecule has 6 nitrogen and oxygen atoms in total. The summed E-state index contributed by atoms with van der Waals surface area (Å²) in [4.78, 5) is 33.7. The molecule has 3 aliphatic rings. The lowest BCUT2D eigenvalue weighted by Crippen LogP contribution is -2.44. The van der Waals surface area contributed by atoms with Crippen molar-refractivity contribution in [3.63, 3.8) is 0 Å². The molecule has 1 saturated carbocycles. The zero-order chi connectivity index (χ0) is 17.2. The minimum atomic E-state index is -0.122. The molecule has 3 heterocycles. The summed E-state index contributed by atoms with van der Waals surface area (Å²) in [6.07, 6.45) is 7.90. The molecule has 0 aromatic carbocycles. The second-order valence-corrected chi connectivity index (χ2v) is 7.46. The molecule has 134 valence electrons. The highest BCUT2D eigenvalue weighted by molar-refractivity contribution is 5.95. The number of nitrogens with zero attached hydrogens (tertiary/aromatic N) is 3. The Morgan fingerprint density at radius 2 is 1.84 bits per heavy atom. The molecule has 0 unspecified atom stereocenters. The molecular formula is C19H26N4O2. The van der Waals surface area contributed by atoms with E-state index in [0.29, 0.717) is 6.54 Å². The standard InChI is InChI=1S/C19H26N4O2/c24-18(15-5-4-12-23(13-15)19(25)14-7-8-14)21-16-6-3-9-20-17(16)22-10-1-2-11-22/h3,6,9,14-15H,1-2,4-5,7-8,10-13H2,(H,21,24)/t15-/m1/s1. The summed E-state index contributed by atoms with van der Waals surface area (Å²) in [6, 6.07) is 3.79. The van der Waals surface area contributed by atoms with Gasteiger partial charge in [0.1, 0.15) is 0 Å². The van der Waals surface area contributed by atoms with E-state index in [1.807, 2.05) is 17.0 Å². The molecular weight excluding hydrogens is 316 g/mol. The van der Waals surface area contributed by atoms with Crippen molar-refractivity contribution in [3.8, 4) is 0 Å². The number of pyridine rings is 1. The van der Waals surface area contributed by atoms with Crippen molar-refractivity contribution in [3.05, 3.63) is 18.3 Å². The number of carbonyl (C=O) groups excluding carboxylic acids is 2. The van der Waals surface area contributed by atoms with Crippen molar-refractivity contribution >= 4 is 23.3 Å². The van der Waals surface area contributed by atoms with Gasteiger partial charge < -0.3 is 15.1 Å². The van der Waals surface area contributed by atoms with Gasteiger partial charge in [-0.1, -0.05) is 0 Å². The lowest BCUT2D eigenvalue weighted by Gasteiger charge is -2.32. The lowest BCUT2D eigenvalue weighted by molar-refractivity contribution is -0.135. The van der Waals surface area contributed by atoms with Crippen LogP contribution >= 0.6 is 0 Å². The van der Waals surface area contributed by atoms with Crippen LogP contribution in [0.25, 0.3) is 0 Å². The Labute approximate surface area is 148 Å². The van der Waals surface area contributed by atoms with E-state index >= 15 is 0 Å². The maximum Gasteiger partial charge on any atom is 0.229 e. The van der Waals surface area contributed by atoms with Crippen LogP contribution in [0, 0.1) is 11.8 Å². The van der Waals surface area contributed by atoms with Gasteiger partial charge in [0.25, 0.3) is 0 Å². The number of likely N-dealkylation sites (tertiary alicyclic amines) is 1. The average Bonchev–Trinajstić information content (AvgIpc) is 3.36. The fourth-order valence-corrected chi connectivity index (χ4v) is 3.89. The smallest absolute Gasteiger partial charge is 0.229 e. The number of carbonyl (C=O) groups is 2. The van der Waals surface area contributed by atoms with Gasteiger partial charge in [-0.3, -0.25) is 9.59 Å². The predicted octanol–water partition coefficient (Wildman–Crippen LogP) is 2.27. The molecule has 1 atom stereocenters. The minimum absolute atomic E-state index is 0.0155. The van der Waals surface area contributed by atoms with Crippen LogP contribution < -0.4 is 10.2 Å². The van der Waals surface area contributed by atoms with Crippen LogP contribution in [-0.4, -0.2) is 47.9 Å². The Hall–Kier alpha value is -2.11. The topological polar surface area (TPSA) is 65.5 Å². The van der Waals surface area contributed by atoms with Gasteiger partial charge in [0.05, 0.1) is 11.6 Å². The van der Waals surface area contributed by atoms with Crippen molar-refractivity contribution in [2.75, 3.05) is 36.4 Å². The van der Waals surface area contributed by atoms with Crippen molar-refractivity contribution in [1.29, 1.82) is 0 Å². The van der Waals surface area contributed by atoms with Crippen LogP contribution in [-0.2, 0) is 9.59 Å². The number of piperidine rings is 1. The van der Waals surface area contributed by atoms with Gasteiger partial charge in [0.2, 0.25) is 11.8 Å². The quantitative estimate of drug-likeness (QED) is 0.912. The van der Waals surface area contributed by atoms with Crippen molar-refractivity contribution in [2.45, 2.75) is 38.5 Å². The highest BCUT2D eigenvalue weighted by Gasteiger charge is 2.36. The molecule has 0 spiro atoms. The summed E-state index contributed by atoms with van der Waals surface area (Å²) >= 11 is 0. The Kier molecular flexibility index (Phi) is 4.59. The van der Waals surface area contributed by atoms with Gasteiger partial charge in [0, 0.05) is 38.3 Å². The van der Waals surface area contributed by atoms with Gasteiger partial charge in [-0.2, -0.15) is 0 Å². The van der Waals surface area contributed by atoms with Gasteiger partial charge in [-0.15, -0.1) is 0 Å². The molecule has 0 bridgehead atoms. The van der Waals surface area contributed by atoms with Gasteiger partial charge in [-0.25, -0.2) is 4.98 Å². The lowest BCUT2D eigenvalue weighted by atomic mass is 9.96. The molecule has 2 amide bonds. The van der Waals surface area contributed by atoms with Crippen LogP contribution in [0.5, 0.6) is 0 Å². The molecule has 1 aliphatic carbocycles. The first-order valence-corrected chi connectivity index (χ1v) is 9.52. The second kappa shape index (κ2) is 7.02. The maximum absolute atomic E-state index is 12.8. The largest absolute Gasteiger partial charge is 0.355 e. The molecule has 4 rings (SSSR count). The number of anilines is 2. The van der Waals surface area contributed by atoms with E-state index in [4.69, 9.17) is 0 Å². The zero-order valence-corrected chi connectivity index (χ0v) is 14.6. The molecule has 25 heavy (non-hydrogen) atoms. The Morgan fingerprint density at radius 1 is 1.04 bits per heavy atom. The highest BCUT2D eigenvalue weighted by Crippen LogP contribution is 2.33. The number of amides is 2. The summed E-state index contributed by atoms with van der Waals surface area (Å²) in [5.41, 5.74) is 0.792. The summed E-state index contributed by atoms with van der Waals surface area (Å²) < 4.78 is 0. The van der Waals surface area contributed by atoms with Gasteiger partial charge in [0.15, 0.2) is 5.82 Å². The van der Waals surface area contributed by atoms with Crippen LogP contribution in [0.2, 0.25) is 0 Å². The van der Waals surface area contributed by atoms with E-state index in [2.05, 4.69) is 15.2 Å². The minimum Gasteiger partial charge on any atom is -0.355 e. The normalized spacial score (nSPS) is 23.6. The third-order valence-corrected chi connectivity index (χ3v) is 5.48. The molecule has 1 aromatic rings. The molecule has 6 heteroatoms. The summed E-state index contributed by atoms with van der Waals surface area (Å²) in [5, 5.41) is 3.08. The molecule has 3 fully saturated rings. The van der Waals surface area contributed by atoms with Gasteiger partial charge >= 0.3 is 0 Å². The fraction of sp³-hybridized carbons (Fsp3) is 0.632. The van der Waals surface area contributed by atoms with Crippen LogP contribution in [0.3, 0.4) is 0 Å². The zero-order valence-electron chi connectivity index (χ0n) is 14.6. The highest BCUT2D eigenvalue weighted by atomic mass is 16.2. The third-order valence-electron chi connectivity index (χ3n) is 5.48. The van der Waals surface area contributed by atoms with Gasteiger partial charge in [-0.05, 0) is 50.7 Å². The van der Waals surface area contributed by atoms with Crippen molar-refractivity contribution < 1.29 is 9.59 Å². The summed E-state index contributed by atoms with van der Waals surface area (Å²) in [5.74, 6) is 1.23. The first-order chi connectivity index (χ1) is 12.2. The van der Waals surface area contributed by atoms with Crippen molar-refractivity contribution in [2.24, 2.45) is 11.8 Å². The van der Waals surface area contributed by atoms with Crippen LogP contribution in [0.1, 0.15) is 38.5 Å². The van der Waals surface area contributed by atoms with E-state index in [1.54, 1.807) is 6.20 Å². The van der Waals surface area contributed by atoms with E-state index in [9.17, 15) is 9.59 Å². The first-order valence-electron chi connectivity index (χ1n) is 9.52. The fourth-order valence-electron chi connectivity index (χ4n) is 3.89. The van der Waals surface area contributed by atoms with E-state index in [1.165, 1.54) is 12.8 Å². The number of aromatic nitrogens is 1. The number of rotatable bonds is 4. The molecule has 2 saturated heterocycles. The Bertz CT molecular complexity index is 653.